The van der Waals surface area contributed by atoms with E-state index in [9.17, 15) is 18.0 Å². The van der Waals surface area contributed by atoms with E-state index < -0.39 is 28.5 Å². The molecule has 3 rings (SSSR count). The van der Waals surface area contributed by atoms with Gasteiger partial charge in [-0.25, -0.2) is 13.2 Å². The Balaban J connectivity index is 1.55. The van der Waals surface area contributed by atoms with E-state index in [4.69, 9.17) is 9.47 Å². The van der Waals surface area contributed by atoms with E-state index in [2.05, 4.69) is 5.32 Å². The van der Waals surface area contributed by atoms with E-state index in [0.717, 1.165) is 0 Å². The molecule has 0 spiro atoms. The number of anilines is 1. The molecule has 0 unspecified atom stereocenters. The number of nitrogens with one attached hydrogen (secondary N) is 1. The highest BCUT2D eigenvalue weighted by molar-refractivity contribution is 7.89. The van der Waals surface area contributed by atoms with Gasteiger partial charge in [0.1, 0.15) is 11.5 Å². The monoisotopic (exact) mass is 482 g/mol. The molecule has 0 saturated carbocycles. The minimum Gasteiger partial charge on any atom is -0.457 e. The number of sulfonamides is 1. The number of para-hydroxylation sites is 1. The Kier molecular flexibility index (Phi) is 8.39. The highest BCUT2D eigenvalue weighted by Gasteiger charge is 2.23. The van der Waals surface area contributed by atoms with Crippen molar-refractivity contribution in [1.82, 2.24) is 4.31 Å². The lowest BCUT2D eigenvalue weighted by atomic mass is 10.2. The number of esters is 1. The van der Waals surface area contributed by atoms with Gasteiger partial charge >= 0.3 is 5.97 Å². The summed E-state index contributed by atoms with van der Waals surface area (Å²) in [6, 6.07) is 21.6. The van der Waals surface area contributed by atoms with E-state index in [1.54, 1.807) is 38.1 Å². The molecule has 3 aromatic rings. The third-order valence-corrected chi connectivity index (χ3v) is 6.91. The molecule has 0 fully saturated rings. The summed E-state index contributed by atoms with van der Waals surface area (Å²) in [6.45, 7) is 3.58. The molecule has 0 aliphatic heterocycles. The van der Waals surface area contributed by atoms with Crippen LogP contribution >= 0.6 is 0 Å². The molecule has 34 heavy (non-hydrogen) atoms. The van der Waals surface area contributed by atoms with E-state index in [-0.39, 0.29) is 10.5 Å². The average Bonchev–Trinajstić information content (AvgIpc) is 2.85. The lowest BCUT2D eigenvalue weighted by molar-refractivity contribution is -0.119. The van der Waals surface area contributed by atoms with Gasteiger partial charge in [0.25, 0.3) is 5.91 Å². The van der Waals surface area contributed by atoms with Crippen molar-refractivity contribution in [3.8, 4) is 11.5 Å². The van der Waals surface area contributed by atoms with Gasteiger partial charge in [-0.3, -0.25) is 4.79 Å². The number of carbonyl (C=O) groups is 2. The van der Waals surface area contributed by atoms with Gasteiger partial charge in [-0.1, -0.05) is 38.1 Å². The van der Waals surface area contributed by atoms with Crippen LogP contribution in [-0.4, -0.2) is 44.3 Å². The van der Waals surface area contributed by atoms with Gasteiger partial charge in [-0.15, -0.1) is 0 Å². The molecule has 9 heteroatoms. The maximum Gasteiger partial charge on any atom is 0.338 e. The number of hydrogen-bond donors (Lipinski definition) is 1. The topological polar surface area (TPSA) is 102 Å². The Hall–Kier alpha value is -3.69. The summed E-state index contributed by atoms with van der Waals surface area (Å²) in [4.78, 5) is 24.6. The van der Waals surface area contributed by atoms with Crippen LogP contribution < -0.4 is 10.1 Å². The summed E-state index contributed by atoms with van der Waals surface area (Å²) in [5.41, 5.74) is 0.553. The average molecular weight is 483 g/mol. The van der Waals surface area contributed by atoms with Gasteiger partial charge in [0.15, 0.2) is 6.61 Å². The van der Waals surface area contributed by atoms with Crippen LogP contribution in [0.15, 0.2) is 83.8 Å². The number of ether oxygens (including phenoxy) is 2. The third-order valence-electron chi connectivity index (χ3n) is 4.86. The molecule has 0 atom stereocenters. The van der Waals surface area contributed by atoms with Crippen LogP contribution in [0.5, 0.6) is 11.5 Å². The van der Waals surface area contributed by atoms with Gasteiger partial charge in [-0.2, -0.15) is 4.31 Å². The van der Waals surface area contributed by atoms with Crippen LogP contribution in [0.4, 0.5) is 5.69 Å². The van der Waals surface area contributed by atoms with E-state index >= 15 is 0 Å². The van der Waals surface area contributed by atoms with Crippen molar-refractivity contribution in [2.24, 2.45) is 0 Å². The Labute approximate surface area is 199 Å². The molecule has 0 radical (unpaired) electrons. The number of hydrogen-bond acceptors (Lipinski definition) is 6. The Morgan fingerprint density at radius 3 is 2.15 bits per heavy atom. The SMILES string of the molecule is CCN(CC)S(=O)(=O)c1cccc(C(=O)OCC(=O)Nc2ccc(Oc3ccccc3)cc2)c1. The van der Waals surface area contributed by atoms with Crippen LogP contribution in [0, 0.1) is 0 Å². The summed E-state index contributed by atoms with van der Waals surface area (Å²) < 4.78 is 37.4. The zero-order valence-corrected chi connectivity index (χ0v) is 19.7. The highest BCUT2D eigenvalue weighted by Crippen LogP contribution is 2.22. The second kappa shape index (κ2) is 11.4. The Bertz CT molecular complexity index is 1220. The summed E-state index contributed by atoms with van der Waals surface area (Å²) >= 11 is 0. The molecule has 0 heterocycles. The van der Waals surface area contributed by atoms with Crippen molar-refractivity contribution in [3.63, 3.8) is 0 Å². The lowest BCUT2D eigenvalue weighted by Gasteiger charge is -2.18. The van der Waals surface area contributed by atoms with Crippen molar-refractivity contribution in [2.45, 2.75) is 18.7 Å². The summed E-state index contributed by atoms with van der Waals surface area (Å²) in [5, 5.41) is 2.63. The summed E-state index contributed by atoms with van der Waals surface area (Å²) in [6.07, 6.45) is 0. The van der Waals surface area contributed by atoms with Gasteiger partial charge in [-0.05, 0) is 54.6 Å². The van der Waals surface area contributed by atoms with Gasteiger partial charge < -0.3 is 14.8 Å². The first kappa shape index (κ1) is 24.9. The minimum absolute atomic E-state index is 0.00656. The van der Waals surface area contributed by atoms with E-state index in [0.29, 0.717) is 30.3 Å². The molecular formula is C25H26N2O6S. The number of nitrogens with zero attached hydrogens (tertiary/aromatic N) is 1. The quantitative estimate of drug-likeness (QED) is 0.432. The standard InChI is InChI=1S/C25H26N2O6S/c1-3-27(4-2)34(30,31)23-12-8-9-19(17-23)25(29)32-18-24(28)26-20-13-15-22(16-14-20)33-21-10-6-5-7-11-21/h5-17H,3-4,18H2,1-2H3,(H,26,28). The van der Waals surface area contributed by atoms with Crippen LogP contribution in [0.3, 0.4) is 0 Å². The zero-order chi connectivity index (χ0) is 24.6. The second-order valence-corrected chi connectivity index (χ2v) is 9.12. The van der Waals surface area contributed by atoms with E-state index in [1.165, 1.54) is 28.6 Å². The van der Waals surface area contributed by atoms with Crippen molar-refractivity contribution >= 4 is 27.6 Å². The fourth-order valence-corrected chi connectivity index (χ4v) is 4.64. The number of amides is 1. The number of benzene rings is 3. The summed E-state index contributed by atoms with van der Waals surface area (Å²) in [7, 11) is -3.72. The molecule has 178 valence electrons. The maximum atomic E-state index is 12.7. The number of carbonyl (C=O) groups excluding carboxylic acids is 2. The first-order valence-corrected chi connectivity index (χ1v) is 12.2. The van der Waals surface area contributed by atoms with Crippen LogP contribution in [-0.2, 0) is 19.6 Å². The molecule has 1 amide bonds. The Morgan fingerprint density at radius 1 is 0.853 bits per heavy atom. The van der Waals surface area contributed by atoms with Crippen molar-refractivity contribution < 1.29 is 27.5 Å². The molecule has 1 N–H and O–H groups in total. The largest absolute Gasteiger partial charge is 0.457 e. The molecule has 0 aromatic heterocycles. The minimum atomic E-state index is -3.72. The predicted molar refractivity (Wildman–Crippen MR) is 128 cm³/mol. The van der Waals surface area contributed by atoms with Crippen molar-refractivity contribution in [2.75, 3.05) is 25.0 Å². The molecule has 0 aliphatic carbocycles. The van der Waals surface area contributed by atoms with Gasteiger partial charge in [0.2, 0.25) is 10.0 Å². The second-order valence-electron chi connectivity index (χ2n) is 7.18. The predicted octanol–water partition coefficient (Wildman–Crippen LogP) is 4.30. The van der Waals surface area contributed by atoms with Crippen LogP contribution in [0.1, 0.15) is 24.2 Å². The highest BCUT2D eigenvalue weighted by atomic mass is 32.2. The van der Waals surface area contributed by atoms with Crippen LogP contribution in [0.2, 0.25) is 0 Å². The normalized spacial score (nSPS) is 11.1. The lowest BCUT2D eigenvalue weighted by Crippen LogP contribution is -2.30. The third kappa shape index (κ3) is 6.43. The smallest absolute Gasteiger partial charge is 0.338 e. The first-order valence-electron chi connectivity index (χ1n) is 10.7. The van der Waals surface area contributed by atoms with Crippen molar-refractivity contribution in [3.05, 3.63) is 84.4 Å². The van der Waals surface area contributed by atoms with Crippen molar-refractivity contribution in [1.29, 1.82) is 0 Å². The van der Waals surface area contributed by atoms with Gasteiger partial charge in [0.05, 0.1) is 10.5 Å². The van der Waals surface area contributed by atoms with E-state index in [1.807, 2.05) is 30.3 Å². The molecule has 0 aliphatic rings. The molecule has 0 saturated heterocycles. The van der Waals surface area contributed by atoms with Gasteiger partial charge in [0, 0.05) is 18.8 Å². The zero-order valence-electron chi connectivity index (χ0n) is 18.9. The fraction of sp³-hybridized carbons (Fsp3) is 0.200. The fourth-order valence-electron chi connectivity index (χ4n) is 3.14. The molecule has 0 bridgehead atoms. The molecule has 8 nitrogen and oxygen atoms in total. The molecular weight excluding hydrogens is 456 g/mol. The maximum absolute atomic E-state index is 12.7. The summed E-state index contributed by atoms with van der Waals surface area (Å²) in [5.74, 6) is -0.0225. The number of rotatable bonds is 10. The first-order chi connectivity index (χ1) is 16.3. The molecule has 3 aromatic carbocycles. The Morgan fingerprint density at radius 2 is 1.50 bits per heavy atom. The van der Waals surface area contributed by atoms with Crippen LogP contribution in [0.25, 0.3) is 0 Å².